The van der Waals surface area contributed by atoms with Crippen LogP contribution in [0.15, 0.2) is 35.8 Å². The Morgan fingerprint density at radius 3 is 3.00 bits per heavy atom. The minimum Gasteiger partial charge on any atom is -0.333 e. The number of carbonyl (C=O) groups is 1. The highest BCUT2D eigenvalue weighted by Crippen LogP contribution is 2.17. The normalized spacial score (nSPS) is 9.94. The van der Waals surface area contributed by atoms with Crippen LogP contribution in [0.1, 0.15) is 4.88 Å². The number of hydrogen-bond donors (Lipinski definition) is 2. The fraction of sp³-hybridized carbons (Fsp3) is 0.0909. The Morgan fingerprint density at radius 2 is 2.29 bits per heavy atom. The lowest BCUT2D eigenvalue weighted by Gasteiger charge is -2.07. The number of urea groups is 1. The zero-order valence-electron chi connectivity index (χ0n) is 8.81. The summed E-state index contributed by atoms with van der Waals surface area (Å²) < 4.78 is 0. The molecule has 0 atom stereocenters. The predicted octanol–water partition coefficient (Wildman–Crippen LogP) is 3.12. The lowest BCUT2D eigenvalue weighted by Crippen LogP contribution is -2.28. The summed E-state index contributed by atoms with van der Waals surface area (Å²) in [6, 6.07) is 7.01. The van der Waals surface area contributed by atoms with Gasteiger partial charge in [0.05, 0.1) is 12.2 Å². The molecule has 0 aliphatic carbocycles. The molecule has 0 spiro atoms. The SMILES string of the molecule is O=C(NCc1cccs1)Nc1cccnc1Cl. The van der Waals surface area contributed by atoms with E-state index >= 15 is 0 Å². The van der Waals surface area contributed by atoms with Gasteiger partial charge < -0.3 is 10.6 Å². The fourth-order valence-electron chi connectivity index (χ4n) is 1.23. The molecule has 6 heteroatoms. The van der Waals surface area contributed by atoms with E-state index in [9.17, 15) is 4.79 Å². The first-order valence-electron chi connectivity index (χ1n) is 4.93. The van der Waals surface area contributed by atoms with Crippen molar-refractivity contribution in [2.45, 2.75) is 6.54 Å². The summed E-state index contributed by atoms with van der Waals surface area (Å²) in [6.07, 6.45) is 1.57. The lowest BCUT2D eigenvalue weighted by atomic mass is 10.4. The van der Waals surface area contributed by atoms with E-state index in [-0.39, 0.29) is 11.2 Å². The van der Waals surface area contributed by atoms with Crippen LogP contribution in [0.25, 0.3) is 0 Å². The van der Waals surface area contributed by atoms with Crippen LogP contribution in [0.4, 0.5) is 10.5 Å². The third-order valence-electron chi connectivity index (χ3n) is 2.01. The van der Waals surface area contributed by atoms with Crippen molar-refractivity contribution in [3.63, 3.8) is 0 Å². The van der Waals surface area contributed by atoms with Crippen LogP contribution in [0.2, 0.25) is 5.15 Å². The van der Waals surface area contributed by atoms with Crippen molar-refractivity contribution >= 4 is 34.7 Å². The number of carbonyl (C=O) groups excluding carboxylic acids is 1. The first-order chi connectivity index (χ1) is 8.25. The summed E-state index contributed by atoms with van der Waals surface area (Å²) in [7, 11) is 0. The van der Waals surface area contributed by atoms with Crippen LogP contribution >= 0.6 is 22.9 Å². The van der Waals surface area contributed by atoms with E-state index in [1.165, 1.54) is 0 Å². The Morgan fingerprint density at radius 1 is 1.41 bits per heavy atom. The van der Waals surface area contributed by atoms with Crippen molar-refractivity contribution < 1.29 is 4.79 Å². The Balaban J connectivity index is 1.87. The number of nitrogens with one attached hydrogen (secondary N) is 2. The second kappa shape index (κ2) is 5.65. The molecule has 2 heterocycles. The van der Waals surface area contributed by atoms with E-state index in [4.69, 9.17) is 11.6 Å². The third kappa shape index (κ3) is 3.44. The Kier molecular flexibility index (Phi) is 3.95. The molecule has 0 radical (unpaired) electrons. The largest absolute Gasteiger partial charge is 0.333 e. The molecule has 0 bridgehead atoms. The van der Waals surface area contributed by atoms with Crippen molar-refractivity contribution in [1.82, 2.24) is 10.3 Å². The van der Waals surface area contributed by atoms with Crippen molar-refractivity contribution in [2.75, 3.05) is 5.32 Å². The average molecular weight is 268 g/mol. The van der Waals surface area contributed by atoms with Crippen LogP contribution in [0.3, 0.4) is 0 Å². The molecule has 0 aromatic carbocycles. The van der Waals surface area contributed by atoms with Crippen molar-refractivity contribution in [1.29, 1.82) is 0 Å². The number of aromatic nitrogens is 1. The van der Waals surface area contributed by atoms with Gasteiger partial charge in [-0.1, -0.05) is 17.7 Å². The van der Waals surface area contributed by atoms with Gasteiger partial charge in [-0.25, -0.2) is 9.78 Å². The maximum atomic E-state index is 11.6. The number of anilines is 1. The molecule has 2 N–H and O–H groups in total. The highest BCUT2D eigenvalue weighted by Gasteiger charge is 2.05. The van der Waals surface area contributed by atoms with Gasteiger partial charge in [-0.15, -0.1) is 11.3 Å². The topological polar surface area (TPSA) is 54.0 Å². The average Bonchev–Trinajstić information content (AvgIpc) is 2.82. The molecule has 0 saturated carbocycles. The molecular weight excluding hydrogens is 258 g/mol. The zero-order chi connectivity index (χ0) is 12.1. The molecule has 2 aromatic heterocycles. The van der Waals surface area contributed by atoms with Gasteiger partial charge in [0.25, 0.3) is 0 Å². The van der Waals surface area contributed by atoms with Gasteiger partial charge in [0.15, 0.2) is 5.15 Å². The van der Waals surface area contributed by atoms with Gasteiger partial charge in [0.1, 0.15) is 0 Å². The number of halogens is 1. The maximum absolute atomic E-state index is 11.6. The Bertz CT molecular complexity index is 501. The third-order valence-corrected chi connectivity index (χ3v) is 3.19. The molecule has 17 heavy (non-hydrogen) atoms. The van der Waals surface area contributed by atoms with Crippen LogP contribution in [-0.2, 0) is 6.54 Å². The summed E-state index contributed by atoms with van der Waals surface area (Å²) in [5.74, 6) is 0. The molecule has 4 nitrogen and oxygen atoms in total. The summed E-state index contributed by atoms with van der Waals surface area (Å²) in [6.45, 7) is 0.501. The van der Waals surface area contributed by atoms with E-state index in [2.05, 4.69) is 15.6 Å². The van der Waals surface area contributed by atoms with Crippen LogP contribution in [0, 0.1) is 0 Å². The predicted molar refractivity (Wildman–Crippen MR) is 69.4 cm³/mol. The number of rotatable bonds is 3. The van der Waals surface area contributed by atoms with Crippen molar-refractivity contribution in [3.8, 4) is 0 Å². The number of pyridine rings is 1. The van der Waals surface area contributed by atoms with Crippen LogP contribution in [-0.4, -0.2) is 11.0 Å². The van der Waals surface area contributed by atoms with E-state index in [1.807, 2.05) is 17.5 Å². The number of hydrogen-bond acceptors (Lipinski definition) is 3. The molecule has 0 saturated heterocycles. The first-order valence-corrected chi connectivity index (χ1v) is 6.19. The highest BCUT2D eigenvalue weighted by atomic mass is 35.5. The smallest absolute Gasteiger partial charge is 0.319 e. The summed E-state index contributed by atoms with van der Waals surface area (Å²) in [5.41, 5.74) is 0.498. The maximum Gasteiger partial charge on any atom is 0.319 e. The fourth-order valence-corrected chi connectivity index (χ4v) is 2.04. The van der Waals surface area contributed by atoms with Gasteiger partial charge in [-0.2, -0.15) is 0 Å². The molecular formula is C11H10ClN3OS. The minimum absolute atomic E-state index is 0.277. The molecule has 2 amide bonds. The van der Waals surface area contributed by atoms with Crippen molar-refractivity contribution in [3.05, 3.63) is 45.9 Å². The van der Waals surface area contributed by atoms with E-state index in [0.717, 1.165) is 4.88 Å². The standard InChI is InChI=1S/C11H10ClN3OS/c12-10-9(4-1-5-13-10)15-11(16)14-7-8-3-2-6-17-8/h1-6H,7H2,(H2,14,15,16). The summed E-state index contributed by atoms with van der Waals surface area (Å²) >= 11 is 7.41. The highest BCUT2D eigenvalue weighted by molar-refractivity contribution is 7.09. The van der Waals surface area contributed by atoms with Crippen molar-refractivity contribution in [2.24, 2.45) is 0 Å². The first kappa shape index (κ1) is 11.9. The molecule has 0 aliphatic rings. The van der Waals surface area contributed by atoms with E-state index < -0.39 is 0 Å². The number of thiophene rings is 1. The Hall–Kier alpha value is -1.59. The molecule has 0 aliphatic heterocycles. The Labute approximate surface area is 108 Å². The van der Waals surface area contributed by atoms with Gasteiger partial charge in [-0.05, 0) is 23.6 Å². The summed E-state index contributed by atoms with van der Waals surface area (Å²) in [5, 5.41) is 7.61. The van der Waals surface area contributed by atoms with Crippen LogP contribution < -0.4 is 10.6 Å². The molecule has 0 unspecified atom stereocenters. The summed E-state index contributed by atoms with van der Waals surface area (Å²) in [4.78, 5) is 16.5. The molecule has 0 fully saturated rings. The quantitative estimate of drug-likeness (QED) is 0.840. The number of amides is 2. The molecule has 2 rings (SSSR count). The second-order valence-corrected chi connectivity index (χ2v) is 4.62. The van der Waals surface area contributed by atoms with Gasteiger partial charge in [0, 0.05) is 11.1 Å². The van der Waals surface area contributed by atoms with E-state index in [0.29, 0.717) is 12.2 Å². The van der Waals surface area contributed by atoms with Gasteiger partial charge in [-0.3, -0.25) is 0 Å². The molecule has 88 valence electrons. The van der Waals surface area contributed by atoms with Gasteiger partial charge in [0.2, 0.25) is 0 Å². The van der Waals surface area contributed by atoms with Gasteiger partial charge >= 0.3 is 6.03 Å². The number of nitrogens with zero attached hydrogens (tertiary/aromatic N) is 1. The monoisotopic (exact) mass is 267 g/mol. The van der Waals surface area contributed by atoms with E-state index in [1.54, 1.807) is 29.7 Å². The zero-order valence-corrected chi connectivity index (χ0v) is 10.4. The lowest BCUT2D eigenvalue weighted by molar-refractivity contribution is 0.252. The second-order valence-electron chi connectivity index (χ2n) is 3.23. The molecule has 2 aromatic rings. The minimum atomic E-state index is -0.298. The van der Waals surface area contributed by atoms with Crippen LogP contribution in [0.5, 0.6) is 0 Å².